The van der Waals surface area contributed by atoms with Gasteiger partial charge in [0, 0.05) is 35.8 Å². The monoisotopic (exact) mass is 497 g/mol. The van der Waals surface area contributed by atoms with Crippen LogP contribution in [0, 0.1) is 13.8 Å². The Kier molecular flexibility index (Phi) is 6.72. The van der Waals surface area contributed by atoms with Gasteiger partial charge in [-0.2, -0.15) is 4.98 Å². The van der Waals surface area contributed by atoms with Crippen LogP contribution in [0.4, 0.5) is 11.8 Å². The van der Waals surface area contributed by atoms with E-state index >= 15 is 0 Å². The third kappa shape index (κ3) is 4.55. The van der Waals surface area contributed by atoms with Gasteiger partial charge in [0.25, 0.3) is 11.8 Å². The number of nitrogens with zero attached hydrogens (tertiary/aromatic N) is 4. The molecule has 5 N–H and O–H groups in total. The van der Waals surface area contributed by atoms with Crippen molar-refractivity contribution in [1.29, 1.82) is 0 Å². The molecule has 3 aromatic heterocycles. The third-order valence-corrected chi connectivity index (χ3v) is 5.86. The van der Waals surface area contributed by atoms with Crippen molar-refractivity contribution in [2.75, 3.05) is 30.9 Å². The summed E-state index contributed by atoms with van der Waals surface area (Å²) >= 11 is 6.40. The van der Waals surface area contributed by atoms with E-state index < -0.39 is 0 Å². The molecular weight excluding hydrogens is 474 g/mol. The summed E-state index contributed by atoms with van der Waals surface area (Å²) in [6.45, 7) is 3.83. The number of aromatic nitrogens is 4. The van der Waals surface area contributed by atoms with E-state index in [1.165, 1.54) is 11.1 Å². The Balaban J connectivity index is 1.74. The minimum atomic E-state index is -0.372. The third-order valence-electron chi connectivity index (χ3n) is 5.59. The largest absolute Gasteiger partial charge is 0.496 e. The summed E-state index contributed by atoms with van der Waals surface area (Å²) in [6.07, 6.45) is 4.76. The van der Waals surface area contributed by atoms with Gasteiger partial charge in [0.2, 0.25) is 5.95 Å². The van der Waals surface area contributed by atoms with E-state index in [9.17, 15) is 9.59 Å². The van der Waals surface area contributed by atoms with E-state index in [2.05, 4.69) is 25.3 Å². The number of nitrogen functional groups attached to an aromatic ring is 1. The van der Waals surface area contributed by atoms with Gasteiger partial charge in [-0.05, 0) is 26.0 Å². The molecule has 1 aliphatic heterocycles. The number of ether oxygens (including phenoxy) is 1. The number of methoxy groups -OCH3 is 1. The highest BCUT2D eigenvalue weighted by molar-refractivity contribution is 6.41. The molecule has 0 atom stereocenters. The van der Waals surface area contributed by atoms with Gasteiger partial charge in [-0.3, -0.25) is 19.5 Å². The van der Waals surface area contributed by atoms with Gasteiger partial charge >= 0.3 is 0 Å². The van der Waals surface area contributed by atoms with Gasteiger partial charge in [-0.15, -0.1) is 0 Å². The number of H-pyrrole nitrogens is 1. The zero-order valence-electron chi connectivity index (χ0n) is 19.3. The summed E-state index contributed by atoms with van der Waals surface area (Å²) in [4.78, 5) is 42.9. The van der Waals surface area contributed by atoms with E-state index in [0.29, 0.717) is 28.3 Å². The first-order chi connectivity index (χ1) is 16.7. The van der Waals surface area contributed by atoms with Crippen LogP contribution in [0.1, 0.15) is 38.4 Å². The Bertz CT molecular complexity index is 1350. The molecule has 2 amide bonds. The highest BCUT2D eigenvalue weighted by Gasteiger charge is 2.37. The van der Waals surface area contributed by atoms with E-state index in [0.717, 1.165) is 11.1 Å². The van der Waals surface area contributed by atoms with Crippen molar-refractivity contribution in [2.45, 2.75) is 20.4 Å². The number of nitrogens with one attached hydrogen (secondary N) is 2. The second-order valence-electron chi connectivity index (χ2n) is 7.89. The number of rotatable bonds is 7. The van der Waals surface area contributed by atoms with Crippen LogP contribution in [-0.2, 0) is 11.3 Å². The van der Waals surface area contributed by atoms with E-state index in [1.807, 2.05) is 13.8 Å². The van der Waals surface area contributed by atoms with Crippen LogP contribution >= 0.6 is 11.6 Å². The number of carbonyl (C=O) groups excluding carboxylic acids is 2. The van der Waals surface area contributed by atoms with Gasteiger partial charge < -0.3 is 25.9 Å². The molecule has 3 aromatic rings. The van der Waals surface area contributed by atoms with E-state index in [1.54, 1.807) is 25.4 Å². The maximum atomic E-state index is 13.6. The molecular formula is C23H24ClN7O4. The number of aryl methyl sites for hydroxylation is 1. The van der Waals surface area contributed by atoms with Crippen LogP contribution in [0.5, 0.6) is 5.75 Å². The number of aromatic amines is 1. The van der Waals surface area contributed by atoms with Gasteiger partial charge in [0.15, 0.2) is 5.82 Å². The molecule has 0 fully saturated rings. The molecule has 0 aliphatic carbocycles. The lowest BCUT2D eigenvalue weighted by Gasteiger charge is -2.19. The molecule has 0 aromatic carbocycles. The van der Waals surface area contributed by atoms with Gasteiger partial charge in [0.1, 0.15) is 10.9 Å². The summed E-state index contributed by atoms with van der Waals surface area (Å²) in [5.74, 6) is 0.164. The average Bonchev–Trinajstić information content (AvgIpc) is 3.38. The number of halogens is 1. The molecule has 0 radical (unpaired) electrons. The summed E-state index contributed by atoms with van der Waals surface area (Å²) in [5.41, 5.74) is 9.56. The predicted molar refractivity (Wildman–Crippen MR) is 131 cm³/mol. The van der Waals surface area contributed by atoms with Crippen LogP contribution < -0.4 is 20.7 Å². The number of hydrogen-bond acceptors (Lipinski definition) is 8. The number of anilines is 2. The molecule has 0 spiro atoms. The second kappa shape index (κ2) is 9.72. The number of fused-ring (bicyclic) bond motifs is 1. The normalized spacial score (nSPS) is 13.9. The number of hydrogen-bond donors (Lipinski definition) is 4. The lowest BCUT2D eigenvalue weighted by Crippen LogP contribution is -2.27. The number of aliphatic hydroxyl groups excluding tert-OH is 1. The highest BCUT2D eigenvalue weighted by atomic mass is 35.5. The molecule has 1 aliphatic rings. The number of carbonyl (C=O) groups is 2. The van der Waals surface area contributed by atoms with Crippen LogP contribution in [0.3, 0.4) is 0 Å². The Morgan fingerprint density at radius 3 is 2.86 bits per heavy atom. The molecule has 11 nitrogen and oxygen atoms in total. The minimum absolute atomic E-state index is 0.0354. The van der Waals surface area contributed by atoms with Crippen LogP contribution in [-0.4, -0.2) is 57.1 Å². The van der Waals surface area contributed by atoms with Crippen molar-refractivity contribution in [3.05, 3.63) is 57.3 Å². The second-order valence-corrected chi connectivity index (χ2v) is 8.25. The Labute approximate surface area is 206 Å². The first-order valence-corrected chi connectivity index (χ1v) is 11.1. The summed E-state index contributed by atoms with van der Waals surface area (Å²) in [6, 6.07) is 1.58. The lowest BCUT2D eigenvalue weighted by molar-refractivity contribution is -0.113. The number of nitrogens with two attached hydrogens (primary N) is 1. The first-order valence-electron chi connectivity index (χ1n) is 10.7. The smallest absolute Gasteiger partial charge is 0.260 e. The first kappa shape index (κ1) is 24.2. The van der Waals surface area contributed by atoms with Crippen molar-refractivity contribution in [3.63, 3.8) is 0 Å². The Morgan fingerprint density at radius 2 is 2.14 bits per heavy atom. The predicted octanol–water partition coefficient (Wildman–Crippen LogP) is 1.87. The molecule has 182 valence electrons. The molecule has 4 rings (SSSR count). The average molecular weight is 498 g/mol. The van der Waals surface area contributed by atoms with E-state index in [-0.39, 0.29) is 54.0 Å². The molecule has 0 unspecified atom stereocenters. The van der Waals surface area contributed by atoms with Crippen molar-refractivity contribution in [2.24, 2.45) is 0 Å². The number of amides is 2. The lowest BCUT2D eigenvalue weighted by atomic mass is 10.1. The number of pyridine rings is 1. The molecule has 0 saturated carbocycles. The van der Waals surface area contributed by atoms with Gasteiger partial charge in [-0.1, -0.05) is 11.6 Å². The van der Waals surface area contributed by atoms with Crippen molar-refractivity contribution < 1.29 is 19.4 Å². The fourth-order valence-electron chi connectivity index (χ4n) is 3.93. The number of aliphatic hydroxyl groups is 1. The fraction of sp³-hybridized carbons (Fsp3) is 0.261. The quantitative estimate of drug-likeness (QED) is 0.284. The summed E-state index contributed by atoms with van der Waals surface area (Å²) in [7, 11) is 1.58. The highest BCUT2D eigenvalue weighted by Crippen LogP contribution is 2.41. The van der Waals surface area contributed by atoms with Gasteiger partial charge in [-0.25, -0.2) is 4.98 Å². The molecule has 4 heterocycles. The summed E-state index contributed by atoms with van der Waals surface area (Å²) in [5, 5.41) is 11.5. The van der Waals surface area contributed by atoms with Crippen molar-refractivity contribution in [3.8, 4) is 5.75 Å². The van der Waals surface area contributed by atoms with Crippen molar-refractivity contribution >= 4 is 46.8 Å². The topological polar surface area (TPSA) is 159 Å². The van der Waals surface area contributed by atoms with Crippen LogP contribution in [0.15, 0.2) is 18.5 Å². The zero-order valence-corrected chi connectivity index (χ0v) is 20.1. The van der Waals surface area contributed by atoms with E-state index in [4.69, 9.17) is 27.2 Å². The Morgan fingerprint density at radius 1 is 1.37 bits per heavy atom. The van der Waals surface area contributed by atoms with Gasteiger partial charge in [0.05, 0.1) is 42.7 Å². The van der Waals surface area contributed by atoms with Crippen molar-refractivity contribution in [1.82, 2.24) is 25.3 Å². The fourth-order valence-corrected chi connectivity index (χ4v) is 4.20. The molecule has 0 bridgehead atoms. The Hall–Kier alpha value is -3.96. The summed E-state index contributed by atoms with van der Waals surface area (Å²) < 4.78 is 5.49. The molecule has 0 saturated heterocycles. The zero-order chi connectivity index (χ0) is 25.3. The van der Waals surface area contributed by atoms with Crippen LogP contribution in [0.2, 0.25) is 5.15 Å². The SMILES string of the molecule is COc1c(C)cnc(CN2C(=O)/C(=C/c3cc(C(=O)NCCO)c[nH]3)c3c(Cl)nc(N)nc32)c1C. The van der Waals surface area contributed by atoms with Crippen LogP contribution in [0.25, 0.3) is 11.6 Å². The standard InChI is InChI=1S/C23H24ClN7O4/c1-11-8-28-16(12(2)18(11)35-3)10-31-20-17(19(24)29-23(25)30-20)15(22(31)34)7-14-6-13(9-27-14)21(33)26-4-5-32/h6-9,27,32H,4-5,10H2,1-3H3,(H,26,33)(H2,25,29,30)/b15-7+. The maximum Gasteiger partial charge on any atom is 0.260 e. The molecule has 35 heavy (non-hydrogen) atoms. The maximum absolute atomic E-state index is 13.6. The molecule has 12 heteroatoms. The minimum Gasteiger partial charge on any atom is -0.496 e.